The Morgan fingerprint density at radius 3 is 2.71 bits per heavy atom. The van der Waals surface area contributed by atoms with Crippen LogP contribution in [0.3, 0.4) is 0 Å². The Bertz CT molecular complexity index is 794. The fraction of sp³-hybridized carbons (Fsp3) is 0.273. The van der Waals surface area contributed by atoms with Gasteiger partial charge >= 0.3 is 151 Å². The van der Waals surface area contributed by atoms with E-state index in [-0.39, 0.29) is 0 Å². The molecule has 122 valence electrons. The summed E-state index contributed by atoms with van der Waals surface area (Å²) in [6.45, 7) is 4.99. The summed E-state index contributed by atoms with van der Waals surface area (Å²) in [6, 6.07) is 16.7. The van der Waals surface area contributed by atoms with E-state index in [9.17, 15) is 0 Å². The Labute approximate surface area is 151 Å². The normalized spacial score (nSPS) is 12.9. The third kappa shape index (κ3) is 4.12. The first-order valence-corrected chi connectivity index (χ1v) is 10.5. The van der Waals surface area contributed by atoms with Gasteiger partial charge in [0.15, 0.2) is 0 Å². The zero-order valence-corrected chi connectivity index (χ0v) is 16.0. The van der Waals surface area contributed by atoms with Gasteiger partial charge in [-0.3, -0.25) is 0 Å². The van der Waals surface area contributed by atoms with Crippen molar-refractivity contribution in [3.05, 3.63) is 70.8 Å². The molecule has 3 rings (SSSR count). The van der Waals surface area contributed by atoms with E-state index in [2.05, 4.69) is 56.0 Å². The molecule has 0 saturated carbocycles. The number of fused-ring (bicyclic) bond motifs is 1. The van der Waals surface area contributed by atoms with Crippen molar-refractivity contribution >= 4 is 19.4 Å². The second-order valence-electron chi connectivity index (χ2n) is 5.91. The molecule has 0 atom stereocenters. The van der Waals surface area contributed by atoms with Gasteiger partial charge in [-0.1, -0.05) is 0 Å². The number of hydrogen-bond donors (Lipinski definition) is 0. The molecule has 24 heavy (non-hydrogen) atoms. The SMILES string of the molecule is CCCC[Se]C1=C(C#Cc2ccccc2)COc2ccc(C)cc21. The Kier molecular flexibility index (Phi) is 5.81. The number of rotatable bonds is 4. The molecular weight excluding hydrogens is 359 g/mol. The molecule has 0 saturated heterocycles. The van der Waals surface area contributed by atoms with Crippen LogP contribution in [0.15, 0.2) is 54.1 Å². The number of ether oxygens (including phenoxy) is 1. The predicted octanol–water partition coefficient (Wildman–Crippen LogP) is 5.07. The first-order chi connectivity index (χ1) is 11.8. The van der Waals surface area contributed by atoms with Gasteiger partial charge in [0.1, 0.15) is 0 Å². The summed E-state index contributed by atoms with van der Waals surface area (Å²) < 4.78 is 7.40. The van der Waals surface area contributed by atoms with Gasteiger partial charge in [-0.2, -0.15) is 0 Å². The minimum atomic E-state index is 0.447. The third-order valence-electron chi connectivity index (χ3n) is 3.90. The van der Waals surface area contributed by atoms with Crippen LogP contribution in [0, 0.1) is 18.8 Å². The molecule has 0 radical (unpaired) electrons. The summed E-state index contributed by atoms with van der Waals surface area (Å²) in [5.41, 5.74) is 4.75. The van der Waals surface area contributed by atoms with E-state index in [1.807, 2.05) is 18.2 Å². The fourth-order valence-electron chi connectivity index (χ4n) is 2.57. The van der Waals surface area contributed by atoms with Crippen LogP contribution in [0.25, 0.3) is 4.47 Å². The summed E-state index contributed by atoms with van der Waals surface area (Å²) in [7, 11) is 0. The Morgan fingerprint density at radius 2 is 1.92 bits per heavy atom. The summed E-state index contributed by atoms with van der Waals surface area (Å²) in [5, 5.41) is 1.27. The first-order valence-electron chi connectivity index (χ1n) is 8.44. The minimum absolute atomic E-state index is 0.447. The molecule has 0 fully saturated rings. The number of unbranched alkanes of at least 4 members (excludes halogenated alkanes) is 1. The summed E-state index contributed by atoms with van der Waals surface area (Å²) in [5.74, 6) is 7.71. The van der Waals surface area contributed by atoms with Crippen molar-refractivity contribution in [2.24, 2.45) is 0 Å². The molecule has 0 spiro atoms. The standard InChI is InChI=1S/C22H22OSe/c1-3-4-14-24-22-19(12-11-18-8-6-5-7-9-18)16-23-21-13-10-17(2)15-20(21)22/h5-10,13,15H,3-4,14,16H2,1-2H3. The number of hydrogen-bond acceptors (Lipinski definition) is 1. The van der Waals surface area contributed by atoms with Gasteiger partial charge in [0.2, 0.25) is 0 Å². The van der Waals surface area contributed by atoms with Crippen LogP contribution in [0.2, 0.25) is 5.32 Å². The molecule has 1 aliphatic rings. The van der Waals surface area contributed by atoms with Crippen molar-refractivity contribution in [3.8, 4) is 17.6 Å². The van der Waals surface area contributed by atoms with E-state index in [0.29, 0.717) is 21.6 Å². The summed E-state index contributed by atoms with van der Waals surface area (Å²) in [4.78, 5) is 0. The molecule has 2 aromatic carbocycles. The van der Waals surface area contributed by atoms with Crippen LogP contribution in [0.5, 0.6) is 5.75 Å². The van der Waals surface area contributed by atoms with Crippen molar-refractivity contribution < 1.29 is 4.74 Å². The zero-order valence-electron chi connectivity index (χ0n) is 14.3. The van der Waals surface area contributed by atoms with E-state index in [1.54, 1.807) is 0 Å². The molecule has 2 heteroatoms. The van der Waals surface area contributed by atoms with Crippen LogP contribution in [0.1, 0.15) is 36.5 Å². The fourth-order valence-corrected chi connectivity index (χ4v) is 5.16. The molecular formula is C22H22OSe. The predicted molar refractivity (Wildman–Crippen MR) is 102 cm³/mol. The molecule has 0 aromatic heterocycles. The molecule has 2 aromatic rings. The summed E-state index contributed by atoms with van der Waals surface area (Å²) in [6.07, 6.45) is 2.53. The molecule has 0 bridgehead atoms. The van der Waals surface area contributed by atoms with Gasteiger partial charge in [-0.25, -0.2) is 0 Å². The van der Waals surface area contributed by atoms with Crippen molar-refractivity contribution in [2.45, 2.75) is 32.0 Å². The molecule has 0 unspecified atom stereocenters. The zero-order chi connectivity index (χ0) is 16.8. The van der Waals surface area contributed by atoms with Crippen molar-refractivity contribution in [2.75, 3.05) is 6.61 Å². The topological polar surface area (TPSA) is 9.23 Å². The Hall–Kier alpha value is -1.94. The monoisotopic (exact) mass is 382 g/mol. The van der Waals surface area contributed by atoms with Crippen LogP contribution in [-0.4, -0.2) is 21.6 Å². The molecule has 1 aliphatic heterocycles. The van der Waals surface area contributed by atoms with E-state index in [4.69, 9.17) is 4.74 Å². The average Bonchev–Trinajstić information content (AvgIpc) is 2.62. The summed E-state index contributed by atoms with van der Waals surface area (Å²) >= 11 is 0.447. The molecule has 0 amide bonds. The molecule has 1 heterocycles. The van der Waals surface area contributed by atoms with E-state index < -0.39 is 0 Å². The second-order valence-corrected chi connectivity index (χ2v) is 8.23. The molecule has 0 aliphatic carbocycles. The third-order valence-corrected chi connectivity index (χ3v) is 6.52. The van der Waals surface area contributed by atoms with Gasteiger partial charge in [0.05, 0.1) is 0 Å². The van der Waals surface area contributed by atoms with E-state index >= 15 is 0 Å². The Morgan fingerprint density at radius 1 is 1.08 bits per heavy atom. The van der Waals surface area contributed by atoms with Crippen molar-refractivity contribution in [1.82, 2.24) is 0 Å². The van der Waals surface area contributed by atoms with Crippen molar-refractivity contribution in [3.63, 3.8) is 0 Å². The van der Waals surface area contributed by atoms with Crippen molar-refractivity contribution in [1.29, 1.82) is 0 Å². The average molecular weight is 381 g/mol. The van der Waals surface area contributed by atoms with Gasteiger partial charge < -0.3 is 0 Å². The molecule has 0 N–H and O–H groups in total. The van der Waals surface area contributed by atoms with Crippen LogP contribution in [-0.2, 0) is 0 Å². The maximum absolute atomic E-state index is 5.97. The Balaban J connectivity index is 1.98. The number of aryl methyl sites for hydroxylation is 1. The van der Waals surface area contributed by atoms with Gasteiger partial charge in [-0.15, -0.1) is 0 Å². The van der Waals surface area contributed by atoms with Crippen LogP contribution < -0.4 is 4.74 Å². The maximum atomic E-state index is 5.97. The first kappa shape index (κ1) is 16.9. The van der Waals surface area contributed by atoms with Gasteiger partial charge in [0, 0.05) is 0 Å². The molecule has 1 nitrogen and oxygen atoms in total. The second kappa shape index (κ2) is 8.24. The van der Waals surface area contributed by atoms with Gasteiger partial charge in [0.25, 0.3) is 0 Å². The van der Waals surface area contributed by atoms with Gasteiger partial charge in [-0.05, 0) is 0 Å². The van der Waals surface area contributed by atoms with E-state index in [0.717, 1.165) is 16.9 Å². The number of benzene rings is 2. The van der Waals surface area contributed by atoms with Crippen LogP contribution in [0.4, 0.5) is 0 Å². The quantitative estimate of drug-likeness (QED) is 0.408. The van der Waals surface area contributed by atoms with Crippen LogP contribution >= 0.6 is 0 Å². The van der Waals surface area contributed by atoms with E-state index in [1.165, 1.54) is 33.8 Å².